The second kappa shape index (κ2) is 12.7. The molecular formula is C41H68O13. The molecule has 0 aromatic carbocycles. The lowest BCUT2D eigenvalue weighted by molar-refractivity contribution is -0.335. The molecule has 13 nitrogen and oxygen atoms in total. The molecule has 5 aliphatic carbocycles. The highest BCUT2D eigenvalue weighted by molar-refractivity contribution is 5.33. The van der Waals surface area contributed by atoms with Crippen molar-refractivity contribution in [3.05, 3.63) is 0 Å². The minimum Gasteiger partial charge on any atom is -0.393 e. The van der Waals surface area contributed by atoms with Gasteiger partial charge in [-0.05, 0) is 124 Å². The van der Waals surface area contributed by atoms with Gasteiger partial charge in [0.05, 0.1) is 48.3 Å². The van der Waals surface area contributed by atoms with E-state index in [0.29, 0.717) is 19.3 Å². The summed E-state index contributed by atoms with van der Waals surface area (Å²) < 4.78 is 32.1. The van der Waals surface area contributed by atoms with Crippen molar-refractivity contribution in [3.63, 3.8) is 0 Å². The highest BCUT2D eigenvalue weighted by atomic mass is 16.7. The van der Waals surface area contributed by atoms with Gasteiger partial charge in [0, 0.05) is 5.92 Å². The topological polar surface area (TPSA) is 208 Å². The van der Waals surface area contributed by atoms with E-state index in [1.54, 1.807) is 20.8 Å². The summed E-state index contributed by atoms with van der Waals surface area (Å²) in [4.78, 5) is 0. The first-order valence-electron chi connectivity index (χ1n) is 20.7. The van der Waals surface area contributed by atoms with Crippen LogP contribution in [0, 0.1) is 44.8 Å². The Morgan fingerprint density at radius 3 is 2.04 bits per heavy atom. The Morgan fingerprint density at radius 2 is 1.37 bits per heavy atom. The molecule has 8 rings (SSSR count). The van der Waals surface area contributed by atoms with Crippen LogP contribution in [0.15, 0.2) is 0 Å². The fourth-order valence-electron chi connectivity index (χ4n) is 14.8. The molecule has 8 fully saturated rings. The van der Waals surface area contributed by atoms with Gasteiger partial charge in [-0.2, -0.15) is 0 Å². The molecule has 5 saturated carbocycles. The molecule has 0 amide bonds. The van der Waals surface area contributed by atoms with Crippen molar-refractivity contribution >= 4 is 0 Å². The van der Waals surface area contributed by atoms with E-state index in [1.807, 2.05) is 0 Å². The molecule has 2 spiro atoms. The van der Waals surface area contributed by atoms with Gasteiger partial charge in [-0.1, -0.05) is 27.7 Å². The van der Waals surface area contributed by atoms with Crippen molar-refractivity contribution in [2.75, 3.05) is 6.61 Å². The molecule has 0 aromatic heterocycles. The number of ether oxygens (including phenoxy) is 5. The summed E-state index contributed by atoms with van der Waals surface area (Å²) in [6.45, 7) is 16.3. The fraction of sp³-hybridized carbons (Fsp3) is 1.00. The van der Waals surface area contributed by atoms with Crippen molar-refractivity contribution in [3.8, 4) is 0 Å². The van der Waals surface area contributed by atoms with Crippen LogP contribution in [0.1, 0.15) is 113 Å². The monoisotopic (exact) mass is 768 g/mol. The highest BCUT2D eigenvalue weighted by Crippen LogP contribution is 2.89. The Kier molecular flexibility index (Phi) is 9.50. The van der Waals surface area contributed by atoms with Gasteiger partial charge in [0.1, 0.15) is 36.6 Å². The minimum atomic E-state index is -1.47. The van der Waals surface area contributed by atoms with E-state index in [9.17, 15) is 40.9 Å². The van der Waals surface area contributed by atoms with Crippen LogP contribution < -0.4 is 0 Å². The molecule has 3 aliphatic heterocycles. The largest absolute Gasteiger partial charge is 0.393 e. The summed E-state index contributed by atoms with van der Waals surface area (Å²) in [5, 5.41) is 87.1. The number of aliphatic hydroxyl groups is 8. The average molecular weight is 769 g/mol. The molecule has 8 aliphatic rings. The second-order valence-corrected chi connectivity index (χ2v) is 21.0. The first kappa shape index (κ1) is 40.3. The third kappa shape index (κ3) is 5.43. The molecule has 0 bridgehead atoms. The lowest BCUT2D eigenvalue weighted by Crippen LogP contribution is -2.65. The van der Waals surface area contributed by atoms with Gasteiger partial charge in [0.2, 0.25) is 0 Å². The van der Waals surface area contributed by atoms with Crippen LogP contribution >= 0.6 is 0 Å². The lowest BCUT2D eigenvalue weighted by Gasteiger charge is -2.65. The van der Waals surface area contributed by atoms with Gasteiger partial charge in [0.25, 0.3) is 0 Å². The van der Waals surface area contributed by atoms with Gasteiger partial charge < -0.3 is 64.5 Å². The molecule has 8 N–H and O–H groups in total. The predicted molar refractivity (Wildman–Crippen MR) is 192 cm³/mol. The molecule has 3 heterocycles. The molecule has 0 aromatic rings. The maximum absolute atomic E-state index is 12.2. The number of hydrogen-bond donors (Lipinski definition) is 8. The minimum absolute atomic E-state index is 0.0219. The van der Waals surface area contributed by atoms with Crippen LogP contribution in [0.4, 0.5) is 0 Å². The van der Waals surface area contributed by atoms with Gasteiger partial charge in [0.15, 0.2) is 12.6 Å². The molecular weight excluding hydrogens is 700 g/mol. The standard InChI is InChI=1S/C41H68O13/c1-19-26(44)28(46)30(48)34(51-19)52-22-15-23-38(7)16-20(42)31(39(8)11-9-25(54-39)36(4,5)49)37(38,6)13-14-40(23)18-41(40)12-10-24(35(2,3)32(22)41)53-33-29(47)27(45)21(43)17-50-33/h19-34,42-49H,9-18H2,1-8H3/t19-,20+,21-,22+,23-,24+,25+,26-,27+,28+,29-,30+,31+,32-,33+,34-,37-,38+,39+,40+,41-/m1/s1. The summed E-state index contributed by atoms with van der Waals surface area (Å²) >= 11 is 0. The van der Waals surface area contributed by atoms with E-state index < -0.39 is 90.2 Å². The first-order chi connectivity index (χ1) is 25.0. The zero-order chi connectivity index (χ0) is 39.3. The van der Waals surface area contributed by atoms with E-state index in [4.69, 9.17) is 23.7 Å². The smallest absolute Gasteiger partial charge is 0.186 e. The van der Waals surface area contributed by atoms with Gasteiger partial charge in [-0.25, -0.2) is 0 Å². The van der Waals surface area contributed by atoms with E-state index in [0.717, 1.165) is 38.5 Å². The lowest BCUT2D eigenvalue weighted by atomic mass is 9.41. The molecule has 3 saturated heterocycles. The Bertz CT molecular complexity index is 1440. The van der Waals surface area contributed by atoms with E-state index in [1.165, 1.54) is 0 Å². The first-order valence-corrected chi connectivity index (χ1v) is 20.7. The molecule has 54 heavy (non-hydrogen) atoms. The summed E-state index contributed by atoms with van der Waals surface area (Å²) in [6.07, 6.45) is -5.87. The SMILES string of the molecule is C[C@H]1O[C@H](O[C@H]2C[C@H]3[C@]4(CC[C@]5(C)[C@@H]([C@]6(C)CC[C@@H](C(C)(C)O)O6)[C@@H](O)C[C@@]35C)C[C@@]43CC[C@H](O[C@@H]4OC[C@@H](O)[C@H](O)[C@H]4O)C(C)(C)[C@@H]23)[C@@H](O)[C@@H](O)[C@@H]1O. The third-order valence-corrected chi connectivity index (χ3v) is 17.6. The van der Waals surface area contributed by atoms with Crippen LogP contribution in [-0.2, 0) is 23.7 Å². The maximum Gasteiger partial charge on any atom is 0.186 e. The van der Waals surface area contributed by atoms with E-state index in [-0.39, 0.29) is 52.1 Å². The normalized spacial score (nSPS) is 59.6. The van der Waals surface area contributed by atoms with Crippen LogP contribution in [-0.4, -0.2) is 138 Å². The fourth-order valence-corrected chi connectivity index (χ4v) is 14.8. The van der Waals surface area contributed by atoms with Crippen LogP contribution in [0.5, 0.6) is 0 Å². The number of rotatable bonds is 6. The highest BCUT2D eigenvalue weighted by Gasteiger charge is 2.85. The van der Waals surface area contributed by atoms with Crippen LogP contribution in [0.3, 0.4) is 0 Å². The van der Waals surface area contributed by atoms with Gasteiger partial charge >= 0.3 is 0 Å². The van der Waals surface area contributed by atoms with Crippen molar-refractivity contribution in [1.82, 2.24) is 0 Å². The molecule has 0 unspecified atom stereocenters. The second-order valence-electron chi connectivity index (χ2n) is 21.0. The summed E-state index contributed by atoms with van der Waals surface area (Å²) in [7, 11) is 0. The predicted octanol–water partition coefficient (Wildman–Crippen LogP) is 1.75. The molecule has 13 heteroatoms. The average Bonchev–Trinajstić information content (AvgIpc) is 3.45. The van der Waals surface area contributed by atoms with Crippen LogP contribution in [0.25, 0.3) is 0 Å². The van der Waals surface area contributed by atoms with Crippen molar-refractivity contribution < 1.29 is 64.5 Å². The van der Waals surface area contributed by atoms with E-state index in [2.05, 4.69) is 34.6 Å². The van der Waals surface area contributed by atoms with Gasteiger partial charge in [-0.3, -0.25) is 0 Å². The van der Waals surface area contributed by atoms with Crippen molar-refractivity contribution in [1.29, 1.82) is 0 Å². The Labute approximate surface area is 319 Å². The van der Waals surface area contributed by atoms with Crippen molar-refractivity contribution in [2.45, 2.75) is 204 Å². The maximum atomic E-state index is 12.2. The Morgan fingerprint density at radius 1 is 0.685 bits per heavy atom. The summed E-state index contributed by atoms with van der Waals surface area (Å²) in [5.74, 6) is -0.0738. The van der Waals surface area contributed by atoms with Gasteiger partial charge in [-0.15, -0.1) is 0 Å². The Balaban J connectivity index is 1.15. The van der Waals surface area contributed by atoms with E-state index >= 15 is 0 Å². The zero-order valence-electron chi connectivity index (χ0n) is 33.4. The zero-order valence-corrected chi connectivity index (χ0v) is 33.4. The number of hydrogen-bond acceptors (Lipinski definition) is 13. The number of aliphatic hydroxyl groups excluding tert-OH is 7. The summed E-state index contributed by atoms with van der Waals surface area (Å²) in [5.41, 5.74) is -2.90. The van der Waals surface area contributed by atoms with Crippen LogP contribution in [0.2, 0.25) is 0 Å². The summed E-state index contributed by atoms with van der Waals surface area (Å²) in [6, 6.07) is 0. The quantitative estimate of drug-likeness (QED) is 0.182. The molecule has 21 atom stereocenters. The Hall–Kier alpha value is -0.520. The van der Waals surface area contributed by atoms with Crippen molar-refractivity contribution in [2.24, 2.45) is 44.8 Å². The number of fused-ring (bicyclic) bond motifs is 2. The molecule has 310 valence electrons. The molecule has 0 radical (unpaired) electrons. The third-order valence-electron chi connectivity index (χ3n) is 17.6.